The van der Waals surface area contributed by atoms with Gasteiger partial charge in [-0.2, -0.15) is 0 Å². The van der Waals surface area contributed by atoms with Crippen LogP contribution in [0, 0.1) is 0 Å². The van der Waals surface area contributed by atoms with Crippen LogP contribution < -0.4 is 0 Å². The molecule has 0 atom stereocenters. The van der Waals surface area contributed by atoms with Crippen LogP contribution in [0.1, 0.15) is 80.1 Å². The number of hydrogen-bond acceptors (Lipinski definition) is 2. The molecule has 114 valence electrons. The van der Waals surface area contributed by atoms with Gasteiger partial charge >= 0.3 is 0 Å². The van der Waals surface area contributed by atoms with Gasteiger partial charge in [0.15, 0.2) is 4.47 Å². The van der Waals surface area contributed by atoms with Gasteiger partial charge in [-0.1, -0.05) is 91.7 Å². The Bertz CT molecular complexity index is 179. The van der Waals surface area contributed by atoms with Crippen LogP contribution in [0.15, 0.2) is 11.6 Å². The van der Waals surface area contributed by atoms with Gasteiger partial charge < -0.3 is 0 Å². The monoisotopic (exact) mass is 413 g/mol. The minimum atomic E-state index is 0. The van der Waals surface area contributed by atoms with E-state index in [2.05, 4.69) is 46.5 Å². The summed E-state index contributed by atoms with van der Waals surface area (Å²) in [5.41, 5.74) is 0. The summed E-state index contributed by atoms with van der Waals surface area (Å²) in [6.07, 6.45) is 9.59. The molecular weight excluding hydrogens is 380 g/mol. The zero-order chi connectivity index (χ0) is 14.6. The minimum Gasteiger partial charge on any atom is -0.234 e. The van der Waals surface area contributed by atoms with Crippen molar-refractivity contribution in [3.63, 3.8) is 0 Å². The Morgan fingerprint density at radius 3 is 1.21 bits per heavy atom. The summed E-state index contributed by atoms with van der Waals surface area (Å²) < 4.78 is 0.606. The SMILES string of the molecule is CCCC.CCCC.CCCC.Clc1nccs1.[Sn]. The van der Waals surface area contributed by atoms with Crippen LogP contribution in [0.4, 0.5) is 0 Å². The summed E-state index contributed by atoms with van der Waals surface area (Å²) in [6.45, 7) is 13.1. The average Bonchev–Trinajstić information content (AvgIpc) is 2.90. The molecule has 19 heavy (non-hydrogen) atoms. The molecule has 1 rings (SSSR count). The van der Waals surface area contributed by atoms with Crippen LogP contribution in [0.3, 0.4) is 0 Å². The van der Waals surface area contributed by atoms with Crippen LogP contribution in [0.2, 0.25) is 4.47 Å². The fourth-order valence-electron chi connectivity index (χ4n) is 0.206. The predicted molar refractivity (Wildman–Crippen MR) is 94.6 cm³/mol. The van der Waals surface area contributed by atoms with Gasteiger partial charge in [-0.05, 0) is 0 Å². The molecule has 0 saturated carbocycles. The van der Waals surface area contributed by atoms with Gasteiger partial charge in [0.2, 0.25) is 0 Å². The Hall–Kier alpha value is 0.719. The second kappa shape index (κ2) is 31.2. The quantitative estimate of drug-likeness (QED) is 0.496. The van der Waals surface area contributed by atoms with E-state index >= 15 is 0 Å². The van der Waals surface area contributed by atoms with Crippen molar-refractivity contribution in [1.82, 2.24) is 4.98 Å². The maximum absolute atomic E-state index is 5.36. The summed E-state index contributed by atoms with van der Waals surface area (Å²) >= 11 is 6.79. The molecule has 1 heterocycles. The van der Waals surface area contributed by atoms with E-state index in [0.717, 1.165) is 0 Å². The molecule has 0 aliphatic rings. The smallest absolute Gasteiger partial charge is 0.183 e. The second-order valence-corrected chi connectivity index (χ2v) is 5.26. The molecule has 1 aromatic heterocycles. The average molecular weight is 413 g/mol. The van der Waals surface area contributed by atoms with E-state index < -0.39 is 0 Å². The zero-order valence-corrected chi connectivity index (χ0v) is 18.1. The Balaban J connectivity index is -0.0000000796. The number of hydrogen-bond donors (Lipinski definition) is 0. The maximum Gasteiger partial charge on any atom is 0.183 e. The Morgan fingerprint density at radius 1 is 0.842 bits per heavy atom. The van der Waals surface area contributed by atoms with E-state index in [1.54, 1.807) is 6.20 Å². The molecule has 0 saturated heterocycles. The topological polar surface area (TPSA) is 12.9 Å². The van der Waals surface area contributed by atoms with E-state index in [1.165, 1.54) is 49.9 Å². The molecular formula is C15H32ClNSSn. The first-order valence-corrected chi connectivity index (χ1v) is 8.44. The zero-order valence-electron chi connectivity index (χ0n) is 13.6. The van der Waals surface area contributed by atoms with Crippen LogP contribution in [-0.4, -0.2) is 28.9 Å². The van der Waals surface area contributed by atoms with Crippen LogP contribution in [0.5, 0.6) is 0 Å². The van der Waals surface area contributed by atoms with Crippen LogP contribution in [0.25, 0.3) is 0 Å². The van der Waals surface area contributed by atoms with Gasteiger partial charge in [0.1, 0.15) is 0 Å². The Kier molecular flexibility index (Phi) is 46.0. The van der Waals surface area contributed by atoms with Crippen LogP contribution >= 0.6 is 22.9 Å². The van der Waals surface area contributed by atoms with Gasteiger partial charge in [-0.3, -0.25) is 0 Å². The van der Waals surface area contributed by atoms with Gasteiger partial charge in [0.25, 0.3) is 0 Å². The first-order chi connectivity index (χ1) is 8.64. The maximum atomic E-state index is 5.36. The van der Waals surface area contributed by atoms with E-state index in [-0.39, 0.29) is 23.9 Å². The van der Waals surface area contributed by atoms with Gasteiger partial charge in [-0.25, -0.2) is 4.98 Å². The molecule has 4 heteroatoms. The van der Waals surface area contributed by atoms with Gasteiger partial charge in [-0.15, -0.1) is 11.3 Å². The number of rotatable bonds is 3. The fourth-order valence-corrected chi connectivity index (χ4v) is 0.772. The fraction of sp³-hybridized carbons (Fsp3) is 0.800. The van der Waals surface area contributed by atoms with Crippen LogP contribution in [-0.2, 0) is 0 Å². The molecule has 0 bridgehead atoms. The number of aromatic nitrogens is 1. The second-order valence-electron chi connectivity index (χ2n) is 3.79. The summed E-state index contributed by atoms with van der Waals surface area (Å²) in [7, 11) is 0. The summed E-state index contributed by atoms with van der Waals surface area (Å²) in [4.78, 5) is 3.70. The minimum absolute atomic E-state index is 0. The van der Waals surface area contributed by atoms with E-state index in [9.17, 15) is 0 Å². The normalized spacial score (nSPS) is 7.53. The summed E-state index contributed by atoms with van der Waals surface area (Å²) in [5.74, 6) is 0. The van der Waals surface area contributed by atoms with Crippen molar-refractivity contribution in [2.45, 2.75) is 80.1 Å². The number of unbranched alkanes of at least 4 members (excludes halogenated alkanes) is 3. The Morgan fingerprint density at radius 2 is 1.16 bits per heavy atom. The van der Waals surface area contributed by atoms with Crippen molar-refractivity contribution in [3.05, 3.63) is 16.0 Å². The Labute approximate surface area is 147 Å². The van der Waals surface area contributed by atoms with Crippen molar-refractivity contribution >= 4 is 46.8 Å². The van der Waals surface area contributed by atoms with Crippen molar-refractivity contribution in [2.24, 2.45) is 0 Å². The van der Waals surface area contributed by atoms with Crippen molar-refractivity contribution in [3.8, 4) is 0 Å². The van der Waals surface area contributed by atoms with E-state index in [4.69, 9.17) is 11.6 Å². The standard InChI is InChI=1S/3C4H10.C3H2ClNS.Sn/c3*1-3-4-2;4-3-5-1-2-6-3;/h3*3-4H2,1-2H3;1-2H;. The molecule has 1 aromatic rings. The van der Waals surface area contributed by atoms with Crippen molar-refractivity contribution in [1.29, 1.82) is 0 Å². The number of halogens is 1. The largest absolute Gasteiger partial charge is 0.234 e. The van der Waals surface area contributed by atoms with Crippen molar-refractivity contribution in [2.75, 3.05) is 0 Å². The third-order valence-electron chi connectivity index (χ3n) is 1.90. The molecule has 0 aromatic carbocycles. The predicted octanol–water partition coefficient (Wildman–Crippen LogP) is 6.83. The number of nitrogens with zero attached hydrogens (tertiary/aromatic N) is 1. The van der Waals surface area contributed by atoms with Gasteiger partial charge in [0.05, 0.1) is 0 Å². The first kappa shape index (κ1) is 28.0. The molecule has 0 unspecified atom stereocenters. The van der Waals surface area contributed by atoms with Crippen molar-refractivity contribution < 1.29 is 0 Å². The number of thiazole rings is 1. The van der Waals surface area contributed by atoms with E-state index in [0.29, 0.717) is 4.47 Å². The van der Waals surface area contributed by atoms with E-state index in [1.807, 2.05) is 5.38 Å². The molecule has 0 aliphatic carbocycles. The summed E-state index contributed by atoms with van der Waals surface area (Å²) in [6, 6.07) is 0. The van der Waals surface area contributed by atoms with Gasteiger partial charge in [0, 0.05) is 35.5 Å². The molecule has 0 spiro atoms. The molecule has 0 aliphatic heterocycles. The molecule has 0 N–H and O–H groups in total. The summed E-state index contributed by atoms with van der Waals surface area (Å²) in [5, 5.41) is 1.84. The molecule has 4 radical (unpaired) electrons. The third-order valence-corrected chi connectivity index (χ3v) is 2.82. The third kappa shape index (κ3) is 45.5. The first-order valence-electron chi connectivity index (χ1n) is 7.19. The molecule has 0 fully saturated rings. The molecule has 1 nitrogen and oxygen atoms in total. The molecule has 0 amide bonds.